The van der Waals surface area contributed by atoms with Gasteiger partial charge in [-0.25, -0.2) is 23.0 Å². The minimum Gasteiger partial charge on any atom is -0.485 e. The molecule has 2 N–H and O–H groups in total. The summed E-state index contributed by atoms with van der Waals surface area (Å²) >= 11 is 0. The molecule has 43 heavy (non-hydrogen) atoms. The highest BCUT2D eigenvalue weighted by atomic mass is 32.2. The Hall–Kier alpha value is -4.23. The van der Waals surface area contributed by atoms with Gasteiger partial charge in [0.15, 0.2) is 5.69 Å². The lowest BCUT2D eigenvalue weighted by Gasteiger charge is -2.33. The molecule has 1 saturated heterocycles. The Kier molecular flexibility index (Phi) is 7.69. The Morgan fingerprint density at radius 3 is 2.28 bits per heavy atom. The van der Waals surface area contributed by atoms with Gasteiger partial charge in [-0.15, -0.1) is 5.10 Å². The minimum atomic E-state index is -3.35. The van der Waals surface area contributed by atoms with Gasteiger partial charge in [-0.3, -0.25) is 4.79 Å². The molecule has 2 aromatic carbocycles. The first-order valence-electron chi connectivity index (χ1n) is 14.0. The molecule has 1 aliphatic carbocycles. The Morgan fingerprint density at radius 2 is 1.65 bits per heavy atom. The van der Waals surface area contributed by atoms with Crippen molar-refractivity contribution in [3.8, 4) is 22.6 Å². The van der Waals surface area contributed by atoms with Gasteiger partial charge in [-0.1, -0.05) is 35.9 Å². The Balaban J connectivity index is 1.18. The molecule has 3 heterocycles. The number of hydrogen-bond donors (Lipinski definition) is 0. The molecule has 0 radical (unpaired) electrons. The molecule has 2 aliphatic rings. The molecule has 0 bridgehead atoms. The second-order valence-corrected chi connectivity index (χ2v) is 13.4. The zero-order valence-electron chi connectivity index (χ0n) is 23.6. The zero-order chi connectivity index (χ0) is 30.2. The predicted molar refractivity (Wildman–Crippen MR) is 156 cm³/mol. The molecule has 2 aromatic heterocycles. The van der Waals surface area contributed by atoms with Crippen molar-refractivity contribution in [2.24, 2.45) is 5.41 Å². The van der Waals surface area contributed by atoms with Gasteiger partial charge in [0, 0.05) is 67.8 Å². The second kappa shape index (κ2) is 11.5. The fourth-order valence-corrected chi connectivity index (χ4v) is 6.60. The molecule has 0 amide bonds. The highest BCUT2D eigenvalue weighted by Gasteiger charge is 2.39. The number of aromatic amines is 1. The maximum atomic E-state index is 13.9. The van der Waals surface area contributed by atoms with E-state index >= 15 is 0 Å². The number of H-pyrrole nitrogens is 1. The fraction of sp³-hybridized carbons (Fsp3) is 0.333. The van der Waals surface area contributed by atoms with Crippen molar-refractivity contribution in [3.05, 3.63) is 94.9 Å². The Bertz CT molecular complexity index is 1770. The van der Waals surface area contributed by atoms with Crippen molar-refractivity contribution >= 4 is 15.7 Å². The van der Waals surface area contributed by atoms with Gasteiger partial charge in [0.25, 0.3) is 0 Å². The molecular formula is C30H32F2N6O4S+2. The molecule has 224 valence electrons. The van der Waals surface area contributed by atoms with Crippen molar-refractivity contribution in [2.75, 3.05) is 37.7 Å². The van der Waals surface area contributed by atoms with Gasteiger partial charge in [0.2, 0.25) is 11.9 Å². The van der Waals surface area contributed by atoms with Crippen molar-refractivity contribution in [2.45, 2.75) is 25.5 Å². The van der Waals surface area contributed by atoms with Crippen molar-refractivity contribution in [1.29, 1.82) is 0 Å². The summed E-state index contributed by atoms with van der Waals surface area (Å²) in [7, 11) is -3.35. The van der Waals surface area contributed by atoms with E-state index in [2.05, 4.69) is 22.0 Å². The van der Waals surface area contributed by atoms with E-state index in [1.54, 1.807) is 22.9 Å². The molecule has 4 aromatic rings. The monoisotopic (exact) mass is 610 g/mol. The number of hydrogen-bond acceptors (Lipinski definition) is 6. The van der Waals surface area contributed by atoms with Crippen LogP contribution in [0.1, 0.15) is 25.3 Å². The lowest BCUT2D eigenvalue weighted by atomic mass is 10.1. The summed E-state index contributed by atoms with van der Waals surface area (Å²) in [6.07, 6.45) is 8.41. The standard InChI is InChI=1S/C30H30F2N6O4S/c1-30(6-7-30)19-42-28-27(17-35-38(29(28)39)26-13-24(31)12-25(32)14-26)36-8-10-37(11-9-36)43(40,41)18-21-2-4-22(5-3-21)23-15-33-20-34-16-23/h2-5,12-17,20H,6-11,18-19H2,1H3/p+2. The molecule has 1 aliphatic heterocycles. The number of anilines is 1. The molecule has 2 fully saturated rings. The quantitative estimate of drug-likeness (QED) is 0.269. The van der Waals surface area contributed by atoms with Crippen LogP contribution in [0, 0.1) is 17.0 Å². The highest BCUT2D eigenvalue weighted by Crippen LogP contribution is 2.45. The first-order chi connectivity index (χ1) is 20.6. The van der Waals surface area contributed by atoms with Crippen LogP contribution < -0.4 is 20.3 Å². The van der Waals surface area contributed by atoms with Crippen LogP contribution in [0.4, 0.5) is 14.5 Å². The van der Waals surface area contributed by atoms with E-state index in [9.17, 15) is 22.0 Å². The smallest absolute Gasteiger partial charge is 0.350 e. The first-order valence-corrected chi connectivity index (χ1v) is 15.6. The van der Waals surface area contributed by atoms with E-state index in [-0.39, 0.29) is 35.7 Å². The number of nitrogens with one attached hydrogen (secondary N) is 1. The molecule has 1 atom stereocenters. The van der Waals surface area contributed by atoms with Crippen LogP contribution in [0.5, 0.6) is 5.75 Å². The van der Waals surface area contributed by atoms with E-state index in [1.165, 1.54) is 6.33 Å². The third-order valence-electron chi connectivity index (χ3n) is 7.92. The van der Waals surface area contributed by atoms with Crippen LogP contribution in [0.25, 0.3) is 16.8 Å². The normalized spacial score (nSPS) is 17.8. The molecule has 13 heteroatoms. The summed E-state index contributed by atoms with van der Waals surface area (Å²) in [6, 6.07) is 10.3. The lowest BCUT2D eigenvalue weighted by molar-refractivity contribution is -0.482. The predicted octanol–water partition coefficient (Wildman–Crippen LogP) is 3.37. The van der Waals surface area contributed by atoms with E-state index < -0.39 is 27.2 Å². The van der Waals surface area contributed by atoms with Crippen molar-refractivity contribution < 1.29 is 27.0 Å². The van der Waals surface area contributed by atoms with E-state index in [1.807, 2.05) is 29.2 Å². The van der Waals surface area contributed by atoms with Gasteiger partial charge in [-0.2, -0.15) is 8.51 Å². The Morgan fingerprint density at radius 1 is 1.00 bits per heavy atom. The van der Waals surface area contributed by atoms with Gasteiger partial charge in [-0.05, 0) is 24.0 Å². The summed E-state index contributed by atoms with van der Waals surface area (Å²) in [5.74, 6) is -1.58. The molecule has 10 nitrogen and oxygen atoms in total. The Labute approximate surface area is 247 Å². The molecular weight excluding hydrogens is 578 g/mol. The van der Waals surface area contributed by atoms with Crippen LogP contribution in [-0.4, -0.2) is 60.2 Å². The van der Waals surface area contributed by atoms with Gasteiger partial charge in [0.1, 0.15) is 29.4 Å². The maximum absolute atomic E-state index is 13.9. The number of piperazine rings is 1. The number of benzene rings is 2. The van der Waals surface area contributed by atoms with Crippen molar-refractivity contribution in [3.63, 3.8) is 0 Å². The topological polar surface area (TPSA) is 116 Å². The molecule has 0 spiro atoms. The molecule has 1 saturated carbocycles. The first kappa shape index (κ1) is 28.9. The number of halogens is 2. The van der Waals surface area contributed by atoms with Gasteiger partial charge >= 0.3 is 15.6 Å². The van der Waals surface area contributed by atoms with Crippen LogP contribution in [0.2, 0.25) is 0 Å². The largest absolute Gasteiger partial charge is 0.485 e. The molecule has 1 unspecified atom stereocenters. The van der Waals surface area contributed by atoms with E-state index in [0.29, 0.717) is 25.4 Å². The van der Waals surface area contributed by atoms with Crippen LogP contribution in [0.15, 0.2) is 72.2 Å². The maximum Gasteiger partial charge on any atom is 0.350 e. The summed E-state index contributed by atoms with van der Waals surface area (Å²) < 4.78 is 60.9. The summed E-state index contributed by atoms with van der Waals surface area (Å²) in [5, 5.41) is 2.84. The number of ether oxygens (including phenoxy) is 1. The summed E-state index contributed by atoms with van der Waals surface area (Å²) in [4.78, 5) is 23.5. The summed E-state index contributed by atoms with van der Waals surface area (Å²) in [5.41, 5.74) is 2.40. The number of nitrogens with zero attached hydrogens (tertiary/aromatic N) is 5. The van der Waals surface area contributed by atoms with Gasteiger partial charge < -0.3 is 9.64 Å². The third kappa shape index (κ3) is 6.42. The van der Waals surface area contributed by atoms with Crippen LogP contribution in [-0.2, 0) is 15.8 Å². The average molecular weight is 611 g/mol. The van der Waals surface area contributed by atoms with E-state index in [0.717, 1.165) is 52.4 Å². The molecule has 6 rings (SSSR count). The van der Waals surface area contributed by atoms with Crippen molar-refractivity contribution in [1.82, 2.24) is 19.0 Å². The fourth-order valence-electron chi connectivity index (χ4n) is 5.06. The second-order valence-electron chi connectivity index (χ2n) is 11.3. The SMILES string of the molecule is CC1(COc2c(N3CCN(S(=O)(=[OH+])Cc4ccc(-c5cncnc5)cc4)CC3)c[nH+]n(-c3cc(F)cc(F)c3)c2=O)CC1. The zero-order valence-corrected chi connectivity index (χ0v) is 24.4. The number of aromatic nitrogens is 4. The minimum absolute atomic E-state index is 0.00602. The average Bonchev–Trinajstić information content (AvgIpc) is 3.73. The number of rotatable bonds is 9. The highest BCUT2D eigenvalue weighted by molar-refractivity contribution is 7.88. The van der Waals surface area contributed by atoms with Gasteiger partial charge in [0.05, 0.1) is 6.61 Å². The van der Waals surface area contributed by atoms with Crippen LogP contribution in [0.3, 0.4) is 0 Å². The van der Waals surface area contributed by atoms with E-state index in [4.69, 9.17) is 4.74 Å². The third-order valence-corrected chi connectivity index (χ3v) is 9.80. The lowest BCUT2D eigenvalue weighted by Crippen LogP contribution is -2.50. The summed E-state index contributed by atoms with van der Waals surface area (Å²) in [6.45, 7) is 3.70. The van der Waals surface area contributed by atoms with Crippen LogP contribution >= 0.6 is 0 Å².